The molecule has 0 radical (unpaired) electrons. The number of aliphatic hydroxyl groups excluding tert-OH is 1. The Kier molecular flexibility index (Phi) is 4.91. The van der Waals surface area contributed by atoms with Crippen molar-refractivity contribution >= 4 is 5.78 Å². The first-order chi connectivity index (χ1) is 9.70. The molecule has 0 spiro atoms. The normalized spacial score (nSPS) is 11.9. The fraction of sp³-hybridized carbons (Fsp3) is 0.235. The van der Waals surface area contributed by atoms with Gasteiger partial charge in [0.15, 0.2) is 5.78 Å². The molecule has 0 aliphatic heterocycles. The smallest absolute Gasteiger partial charge is 0.166 e. The van der Waals surface area contributed by atoms with E-state index in [0.29, 0.717) is 24.2 Å². The third-order valence-corrected chi connectivity index (χ3v) is 3.24. The molecule has 0 aliphatic carbocycles. The van der Waals surface area contributed by atoms with E-state index >= 15 is 0 Å². The fourth-order valence-corrected chi connectivity index (χ4v) is 2.02. The predicted molar refractivity (Wildman–Crippen MR) is 77.7 cm³/mol. The Morgan fingerprint density at radius 2 is 1.75 bits per heavy atom. The maximum absolute atomic E-state index is 12.0. The number of carbonyl (C=O) groups excluding carboxylic acids is 1. The van der Waals surface area contributed by atoms with Gasteiger partial charge < -0.3 is 9.84 Å². The summed E-state index contributed by atoms with van der Waals surface area (Å²) in [6, 6.07) is 16.7. The second-order valence-corrected chi connectivity index (χ2v) is 4.63. The van der Waals surface area contributed by atoms with Gasteiger partial charge >= 0.3 is 0 Å². The number of carbonyl (C=O) groups is 1. The van der Waals surface area contributed by atoms with Crippen molar-refractivity contribution in [3.05, 3.63) is 65.7 Å². The number of rotatable bonds is 6. The van der Waals surface area contributed by atoms with E-state index in [9.17, 15) is 9.90 Å². The number of hydrogen-bond donors (Lipinski definition) is 1. The Balaban J connectivity index is 1.94. The lowest BCUT2D eigenvalue weighted by Crippen LogP contribution is -2.12. The maximum atomic E-state index is 12.0. The van der Waals surface area contributed by atoms with Crippen LogP contribution in [0.4, 0.5) is 0 Å². The average molecular weight is 270 g/mol. The van der Waals surface area contributed by atoms with Gasteiger partial charge in [0, 0.05) is 6.42 Å². The molecule has 0 fully saturated rings. The molecule has 0 aromatic heterocycles. The van der Waals surface area contributed by atoms with Gasteiger partial charge in [-0.05, 0) is 29.7 Å². The summed E-state index contributed by atoms with van der Waals surface area (Å²) in [6.45, 7) is 0. The first-order valence-electron chi connectivity index (χ1n) is 6.59. The standard InChI is InChI=1S/C17H18O3/c1-20-15-10-8-14(9-11-15)17(19)16(18)12-7-13-5-3-2-4-6-13/h2-6,8-11,17,19H,7,12H2,1H3. The van der Waals surface area contributed by atoms with E-state index in [0.717, 1.165) is 5.56 Å². The maximum Gasteiger partial charge on any atom is 0.166 e. The Morgan fingerprint density at radius 1 is 1.10 bits per heavy atom. The molecule has 3 heteroatoms. The minimum absolute atomic E-state index is 0.168. The van der Waals surface area contributed by atoms with Crippen molar-refractivity contribution in [3.8, 4) is 5.75 Å². The second-order valence-electron chi connectivity index (χ2n) is 4.63. The van der Waals surface area contributed by atoms with E-state index in [2.05, 4.69) is 0 Å². The fourth-order valence-electron chi connectivity index (χ4n) is 2.02. The molecule has 1 N–H and O–H groups in total. The topological polar surface area (TPSA) is 46.5 Å². The third kappa shape index (κ3) is 3.68. The number of hydrogen-bond acceptors (Lipinski definition) is 3. The van der Waals surface area contributed by atoms with Crippen LogP contribution < -0.4 is 4.74 Å². The minimum Gasteiger partial charge on any atom is -0.497 e. The number of aliphatic hydroxyl groups is 1. The molecule has 20 heavy (non-hydrogen) atoms. The van der Waals surface area contributed by atoms with Gasteiger partial charge in [-0.3, -0.25) is 4.79 Å². The van der Waals surface area contributed by atoms with Gasteiger partial charge in [0.05, 0.1) is 7.11 Å². The van der Waals surface area contributed by atoms with Crippen molar-refractivity contribution < 1.29 is 14.6 Å². The van der Waals surface area contributed by atoms with Crippen molar-refractivity contribution in [2.75, 3.05) is 7.11 Å². The summed E-state index contributed by atoms with van der Waals surface area (Å²) in [6.07, 6.45) is -0.0889. The SMILES string of the molecule is COc1ccc(C(O)C(=O)CCc2ccccc2)cc1. The van der Waals surface area contributed by atoms with Gasteiger partial charge in [0.1, 0.15) is 11.9 Å². The Bertz CT molecular complexity index is 546. The zero-order valence-corrected chi connectivity index (χ0v) is 11.5. The highest BCUT2D eigenvalue weighted by atomic mass is 16.5. The summed E-state index contributed by atoms with van der Waals surface area (Å²) < 4.78 is 5.05. The highest BCUT2D eigenvalue weighted by Crippen LogP contribution is 2.20. The molecule has 0 aliphatic rings. The summed E-state index contributed by atoms with van der Waals surface area (Å²) >= 11 is 0. The predicted octanol–water partition coefficient (Wildman–Crippen LogP) is 2.93. The van der Waals surface area contributed by atoms with Gasteiger partial charge in [-0.15, -0.1) is 0 Å². The van der Waals surface area contributed by atoms with Crippen LogP contribution in [0.25, 0.3) is 0 Å². The van der Waals surface area contributed by atoms with Crippen LogP contribution in [0.5, 0.6) is 5.75 Å². The summed E-state index contributed by atoms with van der Waals surface area (Å²) in [7, 11) is 1.58. The number of Topliss-reactive ketones (excluding diaryl/α,β-unsaturated/α-hetero) is 1. The molecule has 2 aromatic carbocycles. The lowest BCUT2D eigenvalue weighted by molar-refractivity contribution is -0.127. The Morgan fingerprint density at radius 3 is 2.35 bits per heavy atom. The van der Waals surface area contributed by atoms with E-state index in [1.54, 1.807) is 31.4 Å². The molecular weight excluding hydrogens is 252 g/mol. The summed E-state index contributed by atoms with van der Waals surface area (Å²) in [5.41, 5.74) is 1.70. The Labute approximate surface area is 118 Å². The molecule has 0 amide bonds. The van der Waals surface area contributed by atoms with Gasteiger partial charge in [-0.25, -0.2) is 0 Å². The molecule has 0 bridgehead atoms. The van der Waals surface area contributed by atoms with E-state index in [1.807, 2.05) is 30.3 Å². The summed E-state index contributed by atoms with van der Waals surface area (Å²) in [5, 5.41) is 10.0. The first-order valence-corrected chi connectivity index (χ1v) is 6.59. The van der Waals surface area contributed by atoms with E-state index in [-0.39, 0.29) is 5.78 Å². The van der Waals surface area contributed by atoms with Crippen LogP contribution >= 0.6 is 0 Å². The summed E-state index contributed by atoms with van der Waals surface area (Å²) in [4.78, 5) is 12.0. The largest absolute Gasteiger partial charge is 0.497 e. The van der Waals surface area contributed by atoms with Gasteiger partial charge in [0.25, 0.3) is 0 Å². The van der Waals surface area contributed by atoms with E-state index in [1.165, 1.54) is 0 Å². The van der Waals surface area contributed by atoms with Crippen molar-refractivity contribution in [3.63, 3.8) is 0 Å². The van der Waals surface area contributed by atoms with E-state index < -0.39 is 6.10 Å². The molecule has 1 atom stereocenters. The lowest BCUT2D eigenvalue weighted by atomic mass is 10.00. The van der Waals surface area contributed by atoms with Crippen LogP contribution in [-0.2, 0) is 11.2 Å². The van der Waals surface area contributed by atoms with Crippen molar-refractivity contribution in [1.29, 1.82) is 0 Å². The second kappa shape index (κ2) is 6.87. The van der Waals surface area contributed by atoms with E-state index in [4.69, 9.17) is 4.74 Å². The molecule has 1 unspecified atom stereocenters. The quantitative estimate of drug-likeness (QED) is 0.878. The van der Waals surface area contributed by atoms with Crippen LogP contribution in [0.3, 0.4) is 0 Å². The van der Waals surface area contributed by atoms with Crippen molar-refractivity contribution in [2.45, 2.75) is 18.9 Å². The zero-order valence-electron chi connectivity index (χ0n) is 11.5. The van der Waals surface area contributed by atoms with Crippen LogP contribution in [0.1, 0.15) is 23.7 Å². The molecule has 2 aromatic rings. The molecule has 0 saturated carbocycles. The summed E-state index contributed by atoms with van der Waals surface area (Å²) in [5.74, 6) is 0.539. The van der Waals surface area contributed by atoms with Crippen molar-refractivity contribution in [2.24, 2.45) is 0 Å². The van der Waals surface area contributed by atoms with Crippen LogP contribution in [-0.4, -0.2) is 18.0 Å². The monoisotopic (exact) mass is 270 g/mol. The number of ketones is 1. The number of benzene rings is 2. The molecule has 104 valence electrons. The number of ether oxygens (including phenoxy) is 1. The molecule has 2 rings (SSSR count). The van der Waals surface area contributed by atoms with Crippen LogP contribution in [0.15, 0.2) is 54.6 Å². The number of aryl methyl sites for hydroxylation is 1. The lowest BCUT2D eigenvalue weighted by Gasteiger charge is -2.10. The van der Waals surface area contributed by atoms with Crippen molar-refractivity contribution in [1.82, 2.24) is 0 Å². The van der Waals surface area contributed by atoms with Crippen LogP contribution in [0.2, 0.25) is 0 Å². The third-order valence-electron chi connectivity index (χ3n) is 3.24. The zero-order chi connectivity index (χ0) is 14.4. The number of methoxy groups -OCH3 is 1. The molecule has 3 nitrogen and oxygen atoms in total. The van der Waals surface area contributed by atoms with Gasteiger partial charge in [-0.2, -0.15) is 0 Å². The molecular formula is C17H18O3. The minimum atomic E-state index is -1.07. The highest BCUT2D eigenvalue weighted by molar-refractivity contribution is 5.84. The molecule has 0 heterocycles. The van der Waals surface area contributed by atoms with Gasteiger partial charge in [-0.1, -0.05) is 42.5 Å². The Hall–Kier alpha value is -2.13. The van der Waals surface area contributed by atoms with Gasteiger partial charge in [0.2, 0.25) is 0 Å². The highest BCUT2D eigenvalue weighted by Gasteiger charge is 2.16. The van der Waals surface area contributed by atoms with Crippen LogP contribution in [0, 0.1) is 0 Å². The molecule has 0 saturated heterocycles. The average Bonchev–Trinajstić information content (AvgIpc) is 2.53. The first kappa shape index (κ1) is 14.3.